The van der Waals surface area contributed by atoms with Gasteiger partial charge < -0.3 is 10.2 Å². The predicted octanol–water partition coefficient (Wildman–Crippen LogP) is 3.98. The van der Waals surface area contributed by atoms with Crippen LogP contribution in [-0.4, -0.2) is 29.1 Å². The highest BCUT2D eigenvalue weighted by Gasteiger charge is 2.29. The molecule has 7 heteroatoms. The van der Waals surface area contributed by atoms with Crippen LogP contribution in [0.1, 0.15) is 31.0 Å². The molecule has 2 fully saturated rings. The van der Waals surface area contributed by atoms with Gasteiger partial charge in [-0.2, -0.15) is 0 Å². The van der Waals surface area contributed by atoms with Crippen molar-refractivity contribution < 1.29 is 8.78 Å². The first kappa shape index (κ1) is 15.6. The standard InChI is InChI=1S/C17H17ClF2N4/c18-14-8-15(23-17(22-14)10-4-5-10)21-11-6-7-24(9-11)16-12(19)2-1-3-13(16)20/h1-3,8,10-11H,4-7,9H2,(H,21,22,23). The lowest BCUT2D eigenvalue weighted by Crippen LogP contribution is -2.27. The number of nitrogens with zero attached hydrogens (tertiary/aromatic N) is 3. The normalized spacial score (nSPS) is 20.5. The zero-order chi connectivity index (χ0) is 16.7. The third kappa shape index (κ3) is 3.15. The largest absolute Gasteiger partial charge is 0.365 e. The highest BCUT2D eigenvalue weighted by Crippen LogP contribution is 2.39. The van der Waals surface area contributed by atoms with Crippen LogP contribution in [-0.2, 0) is 0 Å². The van der Waals surface area contributed by atoms with Crippen molar-refractivity contribution in [1.29, 1.82) is 0 Å². The molecule has 1 aliphatic heterocycles. The summed E-state index contributed by atoms with van der Waals surface area (Å²) in [6.07, 6.45) is 2.97. The minimum atomic E-state index is -0.531. The summed E-state index contributed by atoms with van der Waals surface area (Å²) in [5, 5.41) is 3.74. The van der Waals surface area contributed by atoms with E-state index in [0.29, 0.717) is 30.0 Å². The van der Waals surface area contributed by atoms with Gasteiger partial charge in [-0.15, -0.1) is 0 Å². The molecule has 0 amide bonds. The van der Waals surface area contributed by atoms with E-state index >= 15 is 0 Å². The average molecular weight is 351 g/mol. The van der Waals surface area contributed by atoms with Crippen molar-refractivity contribution in [3.63, 3.8) is 0 Å². The first-order chi connectivity index (χ1) is 11.6. The third-order valence-electron chi connectivity index (χ3n) is 4.45. The van der Waals surface area contributed by atoms with Gasteiger partial charge in [0.05, 0.1) is 0 Å². The number of nitrogens with one attached hydrogen (secondary N) is 1. The second kappa shape index (κ2) is 6.16. The van der Waals surface area contributed by atoms with Crippen LogP contribution in [0.25, 0.3) is 0 Å². The molecule has 1 N–H and O–H groups in total. The van der Waals surface area contributed by atoms with Crippen molar-refractivity contribution in [2.24, 2.45) is 0 Å². The molecule has 1 saturated carbocycles. The van der Waals surface area contributed by atoms with Crippen molar-refractivity contribution in [2.45, 2.75) is 31.2 Å². The summed E-state index contributed by atoms with van der Waals surface area (Å²) in [7, 11) is 0. The fourth-order valence-electron chi connectivity index (χ4n) is 3.11. The lowest BCUT2D eigenvalue weighted by atomic mass is 10.2. The van der Waals surface area contributed by atoms with Gasteiger partial charge in [0.25, 0.3) is 0 Å². The molecule has 0 bridgehead atoms. The van der Waals surface area contributed by atoms with Gasteiger partial charge in [-0.3, -0.25) is 0 Å². The lowest BCUT2D eigenvalue weighted by Gasteiger charge is -2.20. The molecule has 24 heavy (non-hydrogen) atoms. The van der Waals surface area contributed by atoms with E-state index in [1.165, 1.54) is 18.2 Å². The van der Waals surface area contributed by atoms with Crippen LogP contribution < -0.4 is 10.2 Å². The predicted molar refractivity (Wildman–Crippen MR) is 89.6 cm³/mol. The quantitative estimate of drug-likeness (QED) is 0.847. The van der Waals surface area contributed by atoms with Crippen molar-refractivity contribution in [3.05, 3.63) is 46.9 Å². The van der Waals surface area contributed by atoms with Gasteiger partial charge >= 0.3 is 0 Å². The Morgan fingerprint density at radius 1 is 1.12 bits per heavy atom. The van der Waals surface area contributed by atoms with E-state index in [4.69, 9.17) is 11.6 Å². The minimum Gasteiger partial charge on any atom is -0.365 e. The Kier molecular flexibility index (Phi) is 4.00. The van der Waals surface area contributed by atoms with Gasteiger partial charge in [-0.05, 0) is 31.4 Å². The molecule has 4 rings (SSSR count). The van der Waals surface area contributed by atoms with E-state index < -0.39 is 11.6 Å². The molecule has 0 spiro atoms. The summed E-state index contributed by atoms with van der Waals surface area (Å²) in [5.74, 6) is 0.808. The summed E-state index contributed by atoms with van der Waals surface area (Å²) >= 11 is 6.07. The van der Waals surface area contributed by atoms with Crippen LogP contribution >= 0.6 is 11.6 Å². The molecule has 2 heterocycles. The summed E-state index contributed by atoms with van der Waals surface area (Å²) in [4.78, 5) is 10.5. The first-order valence-corrected chi connectivity index (χ1v) is 8.48. The van der Waals surface area contributed by atoms with Gasteiger partial charge in [0.15, 0.2) is 0 Å². The van der Waals surface area contributed by atoms with E-state index in [-0.39, 0.29) is 11.7 Å². The van der Waals surface area contributed by atoms with Gasteiger partial charge in [0, 0.05) is 31.1 Å². The van der Waals surface area contributed by atoms with E-state index in [1.807, 2.05) is 0 Å². The molecule has 126 valence electrons. The second-order valence-electron chi connectivity index (χ2n) is 6.35. The molecule has 0 radical (unpaired) electrons. The van der Waals surface area contributed by atoms with Gasteiger partial charge in [-0.25, -0.2) is 18.7 Å². The van der Waals surface area contributed by atoms with E-state index in [2.05, 4.69) is 15.3 Å². The smallest absolute Gasteiger partial charge is 0.149 e. The summed E-state index contributed by atoms with van der Waals surface area (Å²) in [6, 6.07) is 5.69. The van der Waals surface area contributed by atoms with Crippen molar-refractivity contribution >= 4 is 23.1 Å². The summed E-state index contributed by atoms with van der Waals surface area (Å²) in [6.45, 7) is 1.10. The van der Waals surface area contributed by atoms with Gasteiger partial charge in [0.1, 0.15) is 34.1 Å². The van der Waals surface area contributed by atoms with E-state index in [1.54, 1.807) is 11.0 Å². The Labute approximate surface area is 143 Å². The Hall–Kier alpha value is -1.95. The Bertz CT molecular complexity index is 746. The molecular formula is C17H17ClF2N4. The van der Waals surface area contributed by atoms with Crippen LogP contribution in [0.4, 0.5) is 20.3 Å². The average Bonchev–Trinajstić information content (AvgIpc) is 3.28. The molecule has 1 aromatic heterocycles. The SMILES string of the molecule is Fc1cccc(F)c1N1CCC(Nc2cc(Cl)nc(C3CC3)n2)C1. The van der Waals surface area contributed by atoms with Crippen LogP contribution in [0.3, 0.4) is 0 Å². The van der Waals surface area contributed by atoms with Crippen molar-refractivity contribution in [3.8, 4) is 0 Å². The molecule has 1 unspecified atom stereocenters. The van der Waals surface area contributed by atoms with Crippen LogP contribution in [0, 0.1) is 11.6 Å². The molecule has 4 nitrogen and oxygen atoms in total. The van der Waals surface area contributed by atoms with E-state index in [9.17, 15) is 8.78 Å². The van der Waals surface area contributed by atoms with Crippen molar-refractivity contribution in [2.75, 3.05) is 23.3 Å². The van der Waals surface area contributed by atoms with Crippen LogP contribution in [0.2, 0.25) is 5.15 Å². The molecule has 1 aliphatic carbocycles. The number of anilines is 2. The molecule has 2 aromatic rings. The number of hydrogen-bond acceptors (Lipinski definition) is 4. The maximum absolute atomic E-state index is 13.9. The third-order valence-corrected chi connectivity index (χ3v) is 4.64. The second-order valence-corrected chi connectivity index (χ2v) is 6.74. The van der Waals surface area contributed by atoms with Crippen LogP contribution in [0.5, 0.6) is 0 Å². The summed E-state index contributed by atoms with van der Waals surface area (Å²) in [5.41, 5.74) is 0.0428. The summed E-state index contributed by atoms with van der Waals surface area (Å²) < 4.78 is 27.8. The molecular weight excluding hydrogens is 334 g/mol. The molecule has 1 saturated heterocycles. The Balaban J connectivity index is 1.48. The number of hydrogen-bond donors (Lipinski definition) is 1. The fraction of sp³-hybridized carbons (Fsp3) is 0.412. The first-order valence-electron chi connectivity index (χ1n) is 8.10. The van der Waals surface area contributed by atoms with E-state index in [0.717, 1.165) is 25.1 Å². The van der Waals surface area contributed by atoms with Crippen LogP contribution in [0.15, 0.2) is 24.3 Å². The van der Waals surface area contributed by atoms with Gasteiger partial charge in [0.2, 0.25) is 0 Å². The highest BCUT2D eigenvalue weighted by atomic mass is 35.5. The zero-order valence-electron chi connectivity index (χ0n) is 13.0. The molecule has 1 atom stereocenters. The minimum absolute atomic E-state index is 0.0428. The number of rotatable bonds is 4. The lowest BCUT2D eigenvalue weighted by molar-refractivity contribution is 0.577. The Morgan fingerprint density at radius 2 is 1.88 bits per heavy atom. The van der Waals surface area contributed by atoms with Crippen molar-refractivity contribution in [1.82, 2.24) is 9.97 Å². The number of para-hydroxylation sites is 1. The number of halogens is 3. The maximum Gasteiger partial charge on any atom is 0.149 e. The number of benzene rings is 1. The highest BCUT2D eigenvalue weighted by molar-refractivity contribution is 6.29. The monoisotopic (exact) mass is 350 g/mol. The molecule has 2 aliphatic rings. The Morgan fingerprint density at radius 3 is 2.58 bits per heavy atom. The molecule has 1 aromatic carbocycles. The zero-order valence-corrected chi connectivity index (χ0v) is 13.7. The number of aromatic nitrogens is 2. The van der Waals surface area contributed by atoms with Gasteiger partial charge in [-0.1, -0.05) is 17.7 Å². The fourth-order valence-corrected chi connectivity index (χ4v) is 3.30. The maximum atomic E-state index is 13.9. The topological polar surface area (TPSA) is 41.0 Å².